The molecule has 0 aromatic carbocycles. The Hall–Kier alpha value is -2.22. The van der Waals surface area contributed by atoms with Crippen molar-refractivity contribution in [2.24, 2.45) is 11.8 Å². The summed E-state index contributed by atoms with van der Waals surface area (Å²) in [5, 5.41) is 0.466. The van der Waals surface area contributed by atoms with Crippen molar-refractivity contribution in [3.05, 3.63) is 27.1 Å². The molecule has 0 spiro atoms. The van der Waals surface area contributed by atoms with Crippen molar-refractivity contribution >= 4 is 33.4 Å². The first-order chi connectivity index (χ1) is 14.8. The molecule has 168 valence electrons. The second-order valence-electron chi connectivity index (χ2n) is 9.50. The number of hydrogen-bond donors (Lipinski definition) is 0. The Morgan fingerprint density at radius 2 is 1.87 bits per heavy atom. The lowest BCUT2D eigenvalue weighted by Crippen LogP contribution is -2.44. The third-order valence-electron chi connectivity index (χ3n) is 6.70. The van der Waals surface area contributed by atoms with Gasteiger partial charge < -0.3 is 9.80 Å². The quantitative estimate of drug-likeness (QED) is 0.728. The number of thiophene rings is 1. The monoisotopic (exact) mass is 444 g/mol. The van der Waals surface area contributed by atoms with E-state index in [-0.39, 0.29) is 30.0 Å². The summed E-state index contributed by atoms with van der Waals surface area (Å²) in [5.41, 5.74) is 0.443. The third kappa shape index (κ3) is 4.27. The van der Waals surface area contributed by atoms with Crippen LogP contribution in [0.4, 0.5) is 0 Å². The number of amides is 2. The molecular formula is C23H32N4O3S. The summed E-state index contributed by atoms with van der Waals surface area (Å²) in [7, 11) is 0. The molecule has 4 heterocycles. The van der Waals surface area contributed by atoms with Gasteiger partial charge in [0.25, 0.3) is 11.5 Å². The summed E-state index contributed by atoms with van der Waals surface area (Å²) in [6.45, 7) is 10.4. The number of piperidine rings is 2. The molecule has 4 rings (SSSR count). The minimum Gasteiger partial charge on any atom is -0.341 e. The molecule has 7 nitrogen and oxygen atoms in total. The highest BCUT2D eigenvalue weighted by atomic mass is 32.1. The first-order valence-electron chi connectivity index (χ1n) is 11.3. The van der Waals surface area contributed by atoms with Gasteiger partial charge in [-0.15, -0.1) is 11.3 Å². The zero-order valence-electron chi connectivity index (χ0n) is 18.9. The number of carbonyl (C=O) groups excluding carboxylic acids is 2. The standard InChI is InChI=1S/C23H32N4O3S/c1-14-9-15(2)11-25(10-14)18(28)12-26-13-24-21-19(22(26)29)17(4)20(31-21)23(30)27-8-6-5-7-16(27)3/h13-16H,5-12H2,1-4H3/t14-,15+,16-/m0/s1. The lowest BCUT2D eigenvalue weighted by atomic mass is 9.92. The second kappa shape index (κ2) is 8.73. The number of hydrogen-bond acceptors (Lipinski definition) is 5. The van der Waals surface area contributed by atoms with Crippen LogP contribution in [0.25, 0.3) is 10.2 Å². The van der Waals surface area contributed by atoms with Crippen LogP contribution in [0, 0.1) is 18.8 Å². The van der Waals surface area contributed by atoms with Crippen LogP contribution in [-0.4, -0.2) is 56.8 Å². The molecule has 0 aliphatic carbocycles. The molecule has 0 radical (unpaired) electrons. The smallest absolute Gasteiger partial charge is 0.264 e. The first-order valence-corrected chi connectivity index (χ1v) is 12.1. The second-order valence-corrected chi connectivity index (χ2v) is 10.5. The molecule has 2 aromatic heterocycles. The van der Waals surface area contributed by atoms with Crippen LogP contribution in [0.5, 0.6) is 0 Å². The fourth-order valence-corrected chi connectivity index (χ4v) is 6.21. The Morgan fingerprint density at radius 3 is 2.55 bits per heavy atom. The number of nitrogens with zero attached hydrogens (tertiary/aromatic N) is 4. The van der Waals surface area contributed by atoms with Gasteiger partial charge in [-0.2, -0.15) is 0 Å². The van der Waals surface area contributed by atoms with E-state index < -0.39 is 0 Å². The van der Waals surface area contributed by atoms with Gasteiger partial charge in [-0.05, 0) is 56.9 Å². The summed E-state index contributed by atoms with van der Waals surface area (Å²) >= 11 is 1.29. The van der Waals surface area contributed by atoms with E-state index in [1.807, 2.05) is 16.7 Å². The Kier molecular flexibility index (Phi) is 6.19. The Morgan fingerprint density at radius 1 is 1.16 bits per heavy atom. The minimum absolute atomic E-state index is 0.00832. The average Bonchev–Trinajstić information content (AvgIpc) is 3.06. The van der Waals surface area contributed by atoms with Crippen molar-refractivity contribution in [2.45, 2.75) is 66.0 Å². The summed E-state index contributed by atoms with van der Waals surface area (Å²) in [5.74, 6) is 0.879. The van der Waals surface area contributed by atoms with Crippen LogP contribution in [0.2, 0.25) is 0 Å². The highest BCUT2D eigenvalue weighted by molar-refractivity contribution is 7.20. The van der Waals surface area contributed by atoms with Crippen LogP contribution in [0.1, 0.15) is 61.7 Å². The van der Waals surface area contributed by atoms with Crippen LogP contribution < -0.4 is 5.56 Å². The van der Waals surface area contributed by atoms with Crippen LogP contribution >= 0.6 is 11.3 Å². The topological polar surface area (TPSA) is 75.5 Å². The molecule has 8 heteroatoms. The molecular weight excluding hydrogens is 412 g/mol. The van der Waals surface area contributed by atoms with E-state index in [4.69, 9.17) is 0 Å². The predicted octanol–water partition coefficient (Wildman–Crippen LogP) is 3.29. The lowest BCUT2D eigenvalue weighted by molar-refractivity contribution is -0.134. The van der Waals surface area contributed by atoms with E-state index in [2.05, 4.69) is 25.8 Å². The van der Waals surface area contributed by atoms with Crippen LogP contribution in [0.3, 0.4) is 0 Å². The Labute approximate surface area is 187 Å². The fourth-order valence-electron chi connectivity index (χ4n) is 5.12. The van der Waals surface area contributed by atoms with Crippen LogP contribution in [0.15, 0.2) is 11.1 Å². The molecule has 0 N–H and O–H groups in total. The van der Waals surface area contributed by atoms with Crippen molar-refractivity contribution in [3.8, 4) is 0 Å². The Bertz CT molecular complexity index is 1050. The van der Waals surface area contributed by atoms with E-state index in [0.29, 0.717) is 32.5 Å². The van der Waals surface area contributed by atoms with Crippen LogP contribution in [-0.2, 0) is 11.3 Å². The minimum atomic E-state index is -0.240. The van der Waals surface area contributed by atoms with Crippen molar-refractivity contribution < 1.29 is 9.59 Å². The SMILES string of the molecule is Cc1c(C(=O)N2CCCC[C@@H]2C)sc2ncn(CC(=O)N3C[C@H](C)C[C@H](C)C3)c(=O)c12. The van der Waals surface area contributed by atoms with Gasteiger partial charge in [-0.3, -0.25) is 19.0 Å². The highest BCUT2D eigenvalue weighted by Gasteiger charge is 2.29. The van der Waals surface area contributed by atoms with E-state index in [0.717, 1.165) is 45.3 Å². The number of carbonyl (C=O) groups is 2. The van der Waals surface area contributed by atoms with Crippen molar-refractivity contribution in [3.63, 3.8) is 0 Å². The molecule has 2 aliphatic rings. The van der Waals surface area contributed by atoms with E-state index in [1.165, 1.54) is 22.2 Å². The normalized spacial score (nSPS) is 24.6. The van der Waals surface area contributed by atoms with Gasteiger partial charge in [0.2, 0.25) is 5.91 Å². The van der Waals surface area contributed by atoms with Gasteiger partial charge in [0.15, 0.2) is 0 Å². The van der Waals surface area contributed by atoms with E-state index in [1.54, 1.807) is 0 Å². The van der Waals surface area contributed by atoms with Gasteiger partial charge in [-0.1, -0.05) is 13.8 Å². The maximum atomic E-state index is 13.2. The van der Waals surface area contributed by atoms with E-state index >= 15 is 0 Å². The molecule has 0 bridgehead atoms. The maximum Gasteiger partial charge on any atom is 0.264 e. The predicted molar refractivity (Wildman–Crippen MR) is 122 cm³/mol. The van der Waals surface area contributed by atoms with Crippen molar-refractivity contribution in [1.82, 2.24) is 19.4 Å². The number of aryl methyl sites for hydroxylation is 1. The number of likely N-dealkylation sites (tertiary alicyclic amines) is 2. The molecule has 2 fully saturated rings. The zero-order valence-corrected chi connectivity index (χ0v) is 19.7. The molecule has 3 atom stereocenters. The summed E-state index contributed by atoms with van der Waals surface area (Å²) in [6, 6.07) is 0.211. The Balaban J connectivity index is 1.60. The molecule has 31 heavy (non-hydrogen) atoms. The first kappa shape index (κ1) is 22.0. The molecule has 0 saturated carbocycles. The number of fused-ring (bicyclic) bond motifs is 1. The molecule has 2 amide bonds. The van der Waals surface area contributed by atoms with Crippen molar-refractivity contribution in [2.75, 3.05) is 19.6 Å². The van der Waals surface area contributed by atoms with Crippen molar-refractivity contribution in [1.29, 1.82) is 0 Å². The largest absolute Gasteiger partial charge is 0.341 e. The summed E-state index contributed by atoms with van der Waals surface area (Å²) in [4.78, 5) is 48.6. The number of aromatic nitrogens is 2. The fraction of sp³-hybridized carbons (Fsp3) is 0.652. The highest BCUT2D eigenvalue weighted by Crippen LogP contribution is 2.30. The number of rotatable bonds is 3. The van der Waals surface area contributed by atoms with Gasteiger partial charge in [-0.25, -0.2) is 4.98 Å². The molecule has 0 unspecified atom stereocenters. The van der Waals surface area contributed by atoms with Gasteiger partial charge >= 0.3 is 0 Å². The molecule has 2 aliphatic heterocycles. The third-order valence-corrected chi connectivity index (χ3v) is 7.89. The van der Waals surface area contributed by atoms with Gasteiger partial charge in [0, 0.05) is 25.7 Å². The zero-order chi connectivity index (χ0) is 22.3. The lowest BCUT2D eigenvalue weighted by Gasteiger charge is -2.35. The maximum absolute atomic E-state index is 13.2. The summed E-state index contributed by atoms with van der Waals surface area (Å²) in [6.07, 6.45) is 5.74. The average molecular weight is 445 g/mol. The van der Waals surface area contributed by atoms with Gasteiger partial charge in [0.05, 0.1) is 16.6 Å². The molecule has 2 aromatic rings. The van der Waals surface area contributed by atoms with Gasteiger partial charge in [0.1, 0.15) is 11.4 Å². The molecule has 2 saturated heterocycles. The summed E-state index contributed by atoms with van der Waals surface area (Å²) < 4.78 is 1.39. The van der Waals surface area contributed by atoms with E-state index in [9.17, 15) is 14.4 Å².